The van der Waals surface area contributed by atoms with E-state index in [1.165, 1.54) is 28.4 Å². The van der Waals surface area contributed by atoms with E-state index in [1.807, 2.05) is 20.8 Å². The van der Waals surface area contributed by atoms with Gasteiger partial charge in [-0.2, -0.15) is 4.31 Å². The van der Waals surface area contributed by atoms with E-state index in [-0.39, 0.29) is 29.4 Å². The largest absolute Gasteiger partial charge is 0.497 e. The van der Waals surface area contributed by atoms with Crippen molar-refractivity contribution in [2.24, 2.45) is 5.92 Å². The minimum absolute atomic E-state index is 0.0399. The summed E-state index contributed by atoms with van der Waals surface area (Å²) >= 11 is 0. The third-order valence-electron chi connectivity index (χ3n) is 4.36. The van der Waals surface area contributed by atoms with Crippen LogP contribution in [0.3, 0.4) is 0 Å². The van der Waals surface area contributed by atoms with Gasteiger partial charge < -0.3 is 14.5 Å². The first-order valence-corrected chi connectivity index (χ1v) is 9.70. The molecule has 0 spiro atoms. The fourth-order valence-electron chi connectivity index (χ4n) is 3.17. The maximum atomic E-state index is 13.2. The molecule has 0 aliphatic carbocycles. The Labute approximate surface area is 150 Å². The lowest BCUT2D eigenvalue weighted by molar-refractivity contribution is 0.116. The highest BCUT2D eigenvalue weighted by Gasteiger charge is 2.47. The summed E-state index contributed by atoms with van der Waals surface area (Å²) in [6.45, 7) is 6.00. The van der Waals surface area contributed by atoms with Crippen molar-refractivity contribution >= 4 is 16.1 Å². The van der Waals surface area contributed by atoms with Crippen LogP contribution < -0.4 is 4.74 Å². The van der Waals surface area contributed by atoms with Crippen molar-refractivity contribution in [3.8, 4) is 5.75 Å². The molecule has 7 nitrogen and oxygen atoms in total. The maximum Gasteiger partial charge on any atom is 0.321 e. The Morgan fingerprint density at radius 2 is 1.80 bits per heavy atom. The van der Waals surface area contributed by atoms with Crippen LogP contribution in [0.15, 0.2) is 29.2 Å². The molecule has 2 amide bonds. The number of amides is 2. The Hall–Kier alpha value is -1.80. The number of hydrogen-bond acceptors (Lipinski definition) is 4. The zero-order chi connectivity index (χ0) is 18.9. The zero-order valence-corrected chi connectivity index (χ0v) is 16.4. The first-order valence-electron chi connectivity index (χ1n) is 8.26. The monoisotopic (exact) mass is 369 g/mol. The van der Waals surface area contributed by atoms with Crippen LogP contribution in [0.4, 0.5) is 4.79 Å². The molecule has 0 saturated carbocycles. The van der Waals surface area contributed by atoms with Crippen molar-refractivity contribution < 1.29 is 17.9 Å². The fraction of sp³-hybridized carbons (Fsp3) is 0.588. The van der Waals surface area contributed by atoms with E-state index >= 15 is 0 Å². The van der Waals surface area contributed by atoms with Crippen LogP contribution in [0.1, 0.15) is 20.8 Å². The number of hydrogen-bond donors (Lipinski definition) is 0. The van der Waals surface area contributed by atoms with Crippen molar-refractivity contribution in [1.29, 1.82) is 0 Å². The third kappa shape index (κ3) is 3.59. The van der Waals surface area contributed by atoms with Gasteiger partial charge in [-0.05, 0) is 37.1 Å². The molecule has 0 bridgehead atoms. The van der Waals surface area contributed by atoms with Gasteiger partial charge in [0.25, 0.3) is 0 Å². The second-order valence-electron chi connectivity index (χ2n) is 6.84. The Kier molecular flexibility index (Phi) is 5.63. The molecule has 2 atom stereocenters. The van der Waals surface area contributed by atoms with Gasteiger partial charge in [-0.1, -0.05) is 13.8 Å². The lowest BCUT2D eigenvalue weighted by Crippen LogP contribution is -2.51. The van der Waals surface area contributed by atoms with Gasteiger partial charge in [0.15, 0.2) is 0 Å². The van der Waals surface area contributed by atoms with Crippen LogP contribution in [0, 0.1) is 5.92 Å². The molecule has 1 aromatic carbocycles. The van der Waals surface area contributed by atoms with E-state index in [0.29, 0.717) is 5.75 Å². The van der Waals surface area contributed by atoms with Crippen LogP contribution in [-0.2, 0) is 10.0 Å². The van der Waals surface area contributed by atoms with Crippen LogP contribution in [0.25, 0.3) is 0 Å². The summed E-state index contributed by atoms with van der Waals surface area (Å²) in [6.07, 6.45) is -0.517. The molecule has 1 fully saturated rings. The van der Waals surface area contributed by atoms with E-state index < -0.39 is 16.2 Å². The summed E-state index contributed by atoms with van der Waals surface area (Å²) in [5, 5.41) is 0. The molecule has 1 saturated heterocycles. The Morgan fingerprint density at radius 3 is 2.24 bits per heavy atom. The molecule has 0 N–H and O–H groups in total. The number of carbonyl (C=O) groups is 1. The van der Waals surface area contributed by atoms with Gasteiger partial charge in [-0.15, -0.1) is 0 Å². The van der Waals surface area contributed by atoms with Gasteiger partial charge in [0.1, 0.15) is 11.9 Å². The lowest BCUT2D eigenvalue weighted by atomic mass is 10.1. The van der Waals surface area contributed by atoms with E-state index in [1.54, 1.807) is 31.1 Å². The van der Waals surface area contributed by atoms with Gasteiger partial charge in [0.05, 0.1) is 12.0 Å². The molecule has 0 radical (unpaired) electrons. The average molecular weight is 369 g/mol. The van der Waals surface area contributed by atoms with Crippen LogP contribution in [0.2, 0.25) is 0 Å². The Bertz CT molecular complexity index is 716. The lowest BCUT2D eigenvalue weighted by Gasteiger charge is -2.35. The molecule has 1 heterocycles. The maximum absolute atomic E-state index is 13.2. The standard InChI is InChI=1S/C17H27N3O4S/c1-12(2)16-19(11-13(3)20(16)17(21)18(4)5)25(22,23)15-9-7-14(24-6)8-10-15/h7-10,12-13,16H,11H2,1-6H3/t13-,16-/m1/s1. The predicted octanol–water partition coefficient (Wildman–Crippen LogP) is 2.05. The van der Waals surface area contributed by atoms with Gasteiger partial charge in [0.2, 0.25) is 10.0 Å². The smallest absolute Gasteiger partial charge is 0.321 e. The molecule has 1 aliphatic rings. The highest BCUT2D eigenvalue weighted by atomic mass is 32.2. The normalized spacial score (nSPS) is 21.6. The van der Waals surface area contributed by atoms with Crippen molar-refractivity contribution in [3.05, 3.63) is 24.3 Å². The van der Waals surface area contributed by atoms with Crippen LogP contribution in [-0.4, -0.2) is 68.5 Å². The van der Waals surface area contributed by atoms with Crippen molar-refractivity contribution in [3.63, 3.8) is 0 Å². The number of urea groups is 1. The molecule has 25 heavy (non-hydrogen) atoms. The highest BCUT2D eigenvalue weighted by Crippen LogP contribution is 2.32. The number of rotatable bonds is 4. The fourth-order valence-corrected chi connectivity index (χ4v) is 4.96. The summed E-state index contributed by atoms with van der Waals surface area (Å²) in [4.78, 5) is 15.9. The summed E-state index contributed by atoms with van der Waals surface area (Å²) in [6, 6.07) is 5.94. The number of sulfonamides is 1. The first-order chi connectivity index (χ1) is 11.6. The summed E-state index contributed by atoms with van der Waals surface area (Å²) in [7, 11) is 1.16. The number of methoxy groups -OCH3 is 1. The average Bonchev–Trinajstić information content (AvgIpc) is 2.92. The van der Waals surface area contributed by atoms with Gasteiger partial charge in [-0.3, -0.25) is 0 Å². The van der Waals surface area contributed by atoms with Crippen molar-refractivity contribution in [2.75, 3.05) is 27.7 Å². The third-order valence-corrected chi connectivity index (χ3v) is 6.22. The zero-order valence-electron chi connectivity index (χ0n) is 15.6. The number of nitrogens with zero attached hydrogens (tertiary/aromatic N) is 3. The molecular formula is C17H27N3O4S. The van der Waals surface area contributed by atoms with Crippen molar-refractivity contribution in [1.82, 2.24) is 14.1 Å². The molecule has 1 aliphatic heterocycles. The minimum Gasteiger partial charge on any atom is -0.497 e. The van der Waals surface area contributed by atoms with Crippen LogP contribution >= 0.6 is 0 Å². The van der Waals surface area contributed by atoms with E-state index in [9.17, 15) is 13.2 Å². The quantitative estimate of drug-likeness (QED) is 0.814. The predicted molar refractivity (Wildman–Crippen MR) is 95.9 cm³/mol. The first kappa shape index (κ1) is 19.5. The second-order valence-corrected chi connectivity index (χ2v) is 8.73. The molecule has 1 aromatic rings. The Balaban J connectivity index is 2.43. The number of carbonyl (C=O) groups excluding carboxylic acids is 1. The highest BCUT2D eigenvalue weighted by molar-refractivity contribution is 7.89. The van der Waals surface area contributed by atoms with Crippen LogP contribution in [0.5, 0.6) is 5.75 Å². The topological polar surface area (TPSA) is 70.2 Å². The minimum atomic E-state index is -3.72. The molecule has 0 aromatic heterocycles. The van der Waals surface area contributed by atoms with E-state index in [2.05, 4.69) is 0 Å². The van der Waals surface area contributed by atoms with Gasteiger partial charge >= 0.3 is 6.03 Å². The molecule has 8 heteroatoms. The molecular weight excluding hydrogens is 342 g/mol. The molecule has 140 valence electrons. The summed E-state index contributed by atoms with van der Waals surface area (Å²) < 4.78 is 32.9. The van der Waals surface area contributed by atoms with Gasteiger partial charge in [-0.25, -0.2) is 13.2 Å². The number of ether oxygens (including phenoxy) is 1. The molecule has 2 rings (SSSR count). The Morgan fingerprint density at radius 1 is 1.24 bits per heavy atom. The van der Waals surface area contributed by atoms with Gasteiger partial charge in [0, 0.05) is 26.7 Å². The van der Waals surface area contributed by atoms with E-state index in [0.717, 1.165) is 0 Å². The number of benzene rings is 1. The van der Waals surface area contributed by atoms with E-state index in [4.69, 9.17) is 4.74 Å². The SMILES string of the molecule is COc1ccc(S(=O)(=O)N2C[C@@H](C)N(C(=O)N(C)C)[C@@H]2C(C)C)cc1. The van der Waals surface area contributed by atoms with Crippen molar-refractivity contribution in [2.45, 2.75) is 37.9 Å². The molecule has 0 unspecified atom stereocenters. The second kappa shape index (κ2) is 7.21. The summed E-state index contributed by atoms with van der Waals surface area (Å²) in [5.74, 6) is 0.556. The summed E-state index contributed by atoms with van der Waals surface area (Å²) in [5.41, 5.74) is 0.